The van der Waals surface area contributed by atoms with Crippen LogP contribution in [0, 0.1) is 11.6 Å². The van der Waals surface area contributed by atoms with Crippen molar-refractivity contribution in [3.63, 3.8) is 0 Å². The summed E-state index contributed by atoms with van der Waals surface area (Å²) in [7, 11) is -4.32. The number of alkyl halides is 2. The summed E-state index contributed by atoms with van der Waals surface area (Å²) < 4.78 is 54.2. The Hall–Kier alpha value is -1.17. The summed E-state index contributed by atoms with van der Waals surface area (Å²) in [6.07, 6.45) is 0.372. The van der Waals surface area contributed by atoms with E-state index in [1.807, 2.05) is 0 Å². The maximum absolute atomic E-state index is 14.4. The number of halogens is 4. The maximum Gasteiger partial charge on any atom is 0.212 e. The molecule has 0 N–H and O–H groups in total. The summed E-state index contributed by atoms with van der Waals surface area (Å²) in [5.41, 5.74) is 0.358. The predicted octanol–water partition coefficient (Wildman–Crippen LogP) is 4.36. The normalized spacial score (nSPS) is 11.7. The van der Waals surface area contributed by atoms with Crippen molar-refractivity contribution in [2.24, 2.45) is 0 Å². The van der Waals surface area contributed by atoms with Gasteiger partial charge in [-0.3, -0.25) is 0 Å². The summed E-state index contributed by atoms with van der Waals surface area (Å²) in [5.74, 6) is -1.48. The first-order valence-corrected chi connectivity index (χ1v) is 9.40. The quantitative estimate of drug-likeness (QED) is 0.699. The van der Waals surface area contributed by atoms with Gasteiger partial charge in [0.25, 0.3) is 0 Å². The lowest BCUT2D eigenvalue weighted by atomic mass is 10.1. The van der Waals surface area contributed by atoms with Gasteiger partial charge in [0.2, 0.25) is 9.84 Å². The molecular formula is C16H14Cl2F2O2S. The van der Waals surface area contributed by atoms with Crippen LogP contribution >= 0.6 is 23.2 Å². The van der Waals surface area contributed by atoms with E-state index < -0.39 is 31.3 Å². The van der Waals surface area contributed by atoms with E-state index in [1.54, 1.807) is 0 Å². The zero-order chi connectivity index (χ0) is 17.0. The Balaban J connectivity index is 2.60. The zero-order valence-electron chi connectivity index (χ0n) is 12.0. The molecule has 7 heteroatoms. The lowest BCUT2D eigenvalue weighted by Crippen LogP contribution is -2.10. The van der Waals surface area contributed by atoms with Gasteiger partial charge in [-0.1, -0.05) is 24.3 Å². The Labute approximate surface area is 144 Å². The van der Waals surface area contributed by atoms with E-state index in [0.29, 0.717) is 0 Å². The molecule has 124 valence electrons. The summed E-state index contributed by atoms with van der Waals surface area (Å²) in [6.45, 7) is 0. The molecule has 2 rings (SSSR count). The van der Waals surface area contributed by atoms with Gasteiger partial charge in [0, 0.05) is 11.8 Å². The molecule has 2 aromatic carbocycles. The molecule has 2 aromatic rings. The molecule has 0 unspecified atom stereocenters. The molecule has 0 aliphatic carbocycles. The second-order valence-corrected chi connectivity index (χ2v) is 7.48. The van der Waals surface area contributed by atoms with E-state index in [9.17, 15) is 17.2 Å². The molecule has 0 atom stereocenters. The Morgan fingerprint density at radius 1 is 0.783 bits per heavy atom. The Bertz CT molecular complexity index is 746. The van der Waals surface area contributed by atoms with Gasteiger partial charge in [-0.2, -0.15) is 0 Å². The van der Waals surface area contributed by atoms with Crippen molar-refractivity contribution in [2.45, 2.75) is 22.6 Å². The molecule has 0 spiro atoms. The van der Waals surface area contributed by atoms with E-state index >= 15 is 0 Å². The third-order valence-electron chi connectivity index (χ3n) is 3.39. The standard InChI is InChI=1S/C16H14Cl2F2O2S/c17-9-7-11-3-1-5-13(15(11)19)23(21,22)14-6-2-4-12(8-10-18)16(14)20/h1-6H,7-10H2. The van der Waals surface area contributed by atoms with Crippen LogP contribution in [-0.2, 0) is 22.7 Å². The largest absolute Gasteiger partial charge is 0.218 e. The Morgan fingerprint density at radius 2 is 1.17 bits per heavy atom. The average molecular weight is 379 g/mol. The minimum Gasteiger partial charge on any atom is -0.218 e. The van der Waals surface area contributed by atoms with Crippen molar-refractivity contribution < 1.29 is 17.2 Å². The highest BCUT2D eigenvalue weighted by Crippen LogP contribution is 2.28. The highest BCUT2D eigenvalue weighted by atomic mass is 35.5. The number of hydrogen-bond acceptors (Lipinski definition) is 2. The van der Waals surface area contributed by atoms with Crippen molar-refractivity contribution in [1.29, 1.82) is 0 Å². The first kappa shape index (κ1) is 18.2. The Kier molecular flexibility index (Phi) is 6.00. The number of rotatable bonds is 6. The third-order valence-corrected chi connectivity index (χ3v) is 5.56. The predicted molar refractivity (Wildman–Crippen MR) is 87.1 cm³/mol. The fourth-order valence-electron chi connectivity index (χ4n) is 2.24. The van der Waals surface area contributed by atoms with Gasteiger partial charge in [0.05, 0.1) is 0 Å². The first-order chi connectivity index (χ1) is 10.9. The SMILES string of the molecule is O=S(=O)(c1cccc(CCCl)c1F)c1cccc(CCCl)c1F. The van der Waals surface area contributed by atoms with Crippen LogP contribution in [0.1, 0.15) is 11.1 Å². The average Bonchev–Trinajstić information content (AvgIpc) is 2.51. The van der Waals surface area contributed by atoms with Crippen LogP contribution in [0.25, 0.3) is 0 Å². The van der Waals surface area contributed by atoms with Gasteiger partial charge in [-0.15, -0.1) is 23.2 Å². The van der Waals surface area contributed by atoms with Crippen LogP contribution in [0.2, 0.25) is 0 Å². The van der Waals surface area contributed by atoms with Crippen molar-refractivity contribution in [3.05, 3.63) is 59.2 Å². The third kappa shape index (κ3) is 3.67. The first-order valence-electron chi connectivity index (χ1n) is 6.85. The topological polar surface area (TPSA) is 34.1 Å². The number of sulfone groups is 1. The van der Waals surface area contributed by atoms with E-state index in [0.717, 1.165) is 12.1 Å². The molecule has 0 heterocycles. The van der Waals surface area contributed by atoms with Crippen LogP contribution in [0.15, 0.2) is 46.2 Å². The second-order valence-electron chi connectivity index (χ2n) is 4.84. The molecular weight excluding hydrogens is 365 g/mol. The zero-order valence-corrected chi connectivity index (χ0v) is 14.4. The summed E-state index contributed by atoms with van der Waals surface area (Å²) >= 11 is 11.2. The molecule has 0 saturated carbocycles. The summed E-state index contributed by atoms with van der Waals surface area (Å²) in [5, 5.41) is 0. The van der Waals surface area contributed by atoms with E-state index in [2.05, 4.69) is 0 Å². The van der Waals surface area contributed by atoms with E-state index in [-0.39, 0.29) is 35.7 Å². The molecule has 23 heavy (non-hydrogen) atoms. The molecule has 0 aliphatic heterocycles. The van der Waals surface area contributed by atoms with Crippen LogP contribution in [0.3, 0.4) is 0 Å². The van der Waals surface area contributed by atoms with Crippen LogP contribution in [-0.4, -0.2) is 20.2 Å². The highest BCUT2D eigenvalue weighted by Gasteiger charge is 2.27. The van der Waals surface area contributed by atoms with Gasteiger partial charge >= 0.3 is 0 Å². The number of aryl methyl sites for hydroxylation is 2. The van der Waals surface area contributed by atoms with Gasteiger partial charge in [-0.25, -0.2) is 17.2 Å². The minimum atomic E-state index is -4.32. The molecule has 0 radical (unpaired) electrons. The lowest BCUT2D eigenvalue weighted by molar-refractivity contribution is 0.543. The van der Waals surface area contributed by atoms with Gasteiger partial charge in [0.1, 0.15) is 21.4 Å². The monoisotopic (exact) mass is 378 g/mol. The van der Waals surface area contributed by atoms with Crippen LogP contribution < -0.4 is 0 Å². The molecule has 0 fully saturated rings. The minimum absolute atomic E-state index is 0.153. The summed E-state index contributed by atoms with van der Waals surface area (Å²) in [4.78, 5) is -1.11. The van der Waals surface area contributed by atoms with Gasteiger partial charge in [0.15, 0.2) is 0 Å². The Morgan fingerprint density at radius 3 is 1.52 bits per heavy atom. The highest BCUT2D eigenvalue weighted by molar-refractivity contribution is 7.91. The second kappa shape index (κ2) is 7.60. The molecule has 0 saturated heterocycles. The number of hydrogen-bond donors (Lipinski definition) is 0. The maximum atomic E-state index is 14.4. The van der Waals surface area contributed by atoms with Crippen LogP contribution in [0.5, 0.6) is 0 Å². The smallest absolute Gasteiger partial charge is 0.212 e. The molecule has 0 aromatic heterocycles. The van der Waals surface area contributed by atoms with E-state index in [4.69, 9.17) is 23.2 Å². The van der Waals surface area contributed by atoms with Crippen molar-refractivity contribution in [2.75, 3.05) is 11.8 Å². The van der Waals surface area contributed by atoms with Gasteiger partial charge in [-0.05, 0) is 36.1 Å². The van der Waals surface area contributed by atoms with E-state index in [1.165, 1.54) is 24.3 Å². The molecule has 2 nitrogen and oxygen atoms in total. The van der Waals surface area contributed by atoms with Gasteiger partial charge < -0.3 is 0 Å². The van der Waals surface area contributed by atoms with Crippen molar-refractivity contribution >= 4 is 33.0 Å². The van der Waals surface area contributed by atoms with Crippen molar-refractivity contribution in [1.82, 2.24) is 0 Å². The molecule has 0 aliphatic rings. The lowest BCUT2D eigenvalue weighted by Gasteiger charge is -2.11. The molecule has 0 bridgehead atoms. The van der Waals surface area contributed by atoms with Crippen molar-refractivity contribution in [3.8, 4) is 0 Å². The van der Waals surface area contributed by atoms with Crippen LogP contribution in [0.4, 0.5) is 8.78 Å². The number of benzene rings is 2. The fourth-order valence-corrected chi connectivity index (χ4v) is 4.13. The molecule has 0 amide bonds. The fraction of sp³-hybridized carbons (Fsp3) is 0.250. The summed E-state index contributed by atoms with van der Waals surface area (Å²) in [6, 6.07) is 7.98.